The number of esters is 1. The molecule has 1 unspecified atom stereocenters. The molecular formula is C26H26N2O4S. The number of benzene rings is 3. The maximum Gasteiger partial charge on any atom is 0.308 e. The van der Waals surface area contributed by atoms with Crippen LogP contribution in [0.3, 0.4) is 0 Å². The van der Waals surface area contributed by atoms with Crippen molar-refractivity contribution in [2.24, 2.45) is 0 Å². The van der Waals surface area contributed by atoms with Crippen LogP contribution >= 0.6 is 0 Å². The van der Waals surface area contributed by atoms with Crippen molar-refractivity contribution in [1.82, 2.24) is 4.31 Å². The predicted molar refractivity (Wildman–Crippen MR) is 128 cm³/mol. The second-order valence-electron chi connectivity index (χ2n) is 8.04. The highest BCUT2D eigenvalue weighted by molar-refractivity contribution is 7.89. The van der Waals surface area contributed by atoms with Gasteiger partial charge in [0.15, 0.2) is 0 Å². The predicted octanol–water partition coefficient (Wildman–Crippen LogP) is 5.03. The third-order valence-corrected chi connectivity index (χ3v) is 7.47. The van der Waals surface area contributed by atoms with Crippen LogP contribution in [0.5, 0.6) is 5.75 Å². The molecule has 170 valence electrons. The number of anilines is 1. The molecule has 3 aromatic carbocycles. The van der Waals surface area contributed by atoms with Crippen LogP contribution in [0.4, 0.5) is 5.69 Å². The molecule has 1 aliphatic heterocycles. The van der Waals surface area contributed by atoms with Crippen LogP contribution in [0.25, 0.3) is 0 Å². The standard InChI is InChI=1S/C26H26N2O4S/c1-19-9-15-25(16-10-19)33(30,31)28-18-26(22-11-13-24(14-12-22)32-21(3)29)27(17-20(28)2)23-7-5-4-6-8-23/h4-17,26H,18H2,1-3H3. The quantitative estimate of drug-likeness (QED) is 0.393. The van der Waals surface area contributed by atoms with Gasteiger partial charge in [-0.15, -0.1) is 0 Å². The fourth-order valence-electron chi connectivity index (χ4n) is 3.91. The lowest BCUT2D eigenvalue weighted by Crippen LogP contribution is -2.43. The van der Waals surface area contributed by atoms with Gasteiger partial charge in [-0.1, -0.05) is 48.0 Å². The van der Waals surface area contributed by atoms with Gasteiger partial charge < -0.3 is 9.64 Å². The van der Waals surface area contributed by atoms with Gasteiger partial charge in [-0.05, 0) is 55.8 Å². The number of hydrogen-bond donors (Lipinski definition) is 0. The second kappa shape index (κ2) is 9.11. The van der Waals surface area contributed by atoms with Gasteiger partial charge in [-0.2, -0.15) is 0 Å². The number of carbonyl (C=O) groups is 1. The molecule has 0 spiro atoms. The fourth-order valence-corrected chi connectivity index (χ4v) is 5.41. The van der Waals surface area contributed by atoms with Crippen LogP contribution in [0, 0.1) is 6.92 Å². The van der Waals surface area contributed by atoms with Gasteiger partial charge in [0, 0.05) is 24.5 Å². The topological polar surface area (TPSA) is 66.9 Å². The zero-order chi connectivity index (χ0) is 23.6. The Bertz CT molecular complexity index is 1270. The highest BCUT2D eigenvalue weighted by Gasteiger charge is 2.34. The summed E-state index contributed by atoms with van der Waals surface area (Å²) >= 11 is 0. The Hall–Kier alpha value is -3.58. The van der Waals surface area contributed by atoms with E-state index in [-0.39, 0.29) is 23.5 Å². The van der Waals surface area contributed by atoms with E-state index < -0.39 is 10.0 Å². The largest absolute Gasteiger partial charge is 0.427 e. The van der Waals surface area contributed by atoms with E-state index in [1.807, 2.05) is 62.5 Å². The monoisotopic (exact) mass is 462 g/mol. The zero-order valence-corrected chi connectivity index (χ0v) is 19.6. The lowest BCUT2D eigenvalue weighted by molar-refractivity contribution is -0.131. The first-order chi connectivity index (χ1) is 15.8. The maximum atomic E-state index is 13.5. The van der Waals surface area contributed by atoms with E-state index in [0.717, 1.165) is 16.8 Å². The number of hydrogen-bond acceptors (Lipinski definition) is 5. The summed E-state index contributed by atoms with van der Waals surface area (Å²) in [5.41, 5.74) is 3.49. The minimum absolute atomic E-state index is 0.236. The van der Waals surface area contributed by atoms with Gasteiger partial charge in [-0.3, -0.25) is 9.10 Å². The van der Waals surface area contributed by atoms with E-state index in [0.29, 0.717) is 11.4 Å². The molecule has 0 aliphatic carbocycles. The van der Waals surface area contributed by atoms with Crippen molar-refractivity contribution in [2.75, 3.05) is 11.4 Å². The number of nitrogens with zero attached hydrogens (tertiary/aromatic N) is 2. The number of ether oxygens (including phenoxy) is 1. The molecule has 1 aliphatic rings. The van der Waals surface area contributed by atoms with Crippen molar-refractivity contribution in [3.8, 4) is 5.75 Å². The number of carbonyl (C=O) groups excluding carboxylic acids is 1. The average Bonchev–Trinajstić information content (AvgIpc) is 2.80. The first kappa shape index (κ1) is 22.6. The fraction of sp³-hybridized carbons (Fsp3) is 0.192. The molecule has 33 heavy (non-hydrogen) atoms. The Morgan fingerprint density at radius 1 is 0.909 bits per heavy atom. The maximum absolute atomic E-state index is 13.5. The molecule has 0 radical (unpaired) electrons. The first-order valence-corrected chi connectivity index (χ1v) is 12.1. The molecule has 0 bridgehead atoms. The van der Waals surface area contributed by atoms with E-state index >= 15 is 0 Å². The van der Waals surface area contributed by atoms with Crippen LogP contribution in [0.1, 0.15) is 31.0 Å². The van der Waals surface area contributed by atoms with Crippen LogP contribution in [0.15, 0.2) is 95.7 Å². The SMILES string of the molecule is CC(=O)Oc1ccc(C2CN(S(=O)(=O)c3ccc(C)cc3)C(C)=CN2c2ccccc2)cc1. The van der Waals surface area contributed by atoms with Gasteiger partial charge in [0.25, 0.3) is 10.0 Å². The number of para-hydroxylation sites is 1. The molecule has 0 N–H and O–H groups in total. The molecular weight excluding hydrogens is 436 g/mol. The van der Waals surface area contributed by atoms with E-state index in [1.165, 1.54) is 11.2 Å². The summed E-state index contributed by atoms with van der Waals surface area (Å²) in [5, 5.41) is 0. The Morgan fingerprint density at radius 3 is 2.15 bits per heavy atom. The molecule has 6 nitrogen and oxygen atoms in total. The Balaban J connectivity index is 1.75. The summed E-state index contributed by atoms with van der Waals surface area (Å²) in [6, 6.07) is 23.6. The molecule has 0 fully saturated rings. The highest BCUT2D eigenvalue weighted by atomic mass is 32.2. The zero-order valence-electron chi connectivity index (χ0n) is 18.8. The van der Waals surface area contributed by atoms with Crippen molar-refractivity contribution in [3.05, 3.63) is 102 Å². The van der Waals surface area contributed by atoms with Gasteiger partial charge in [-0.25, -0.2) is 8.42 Å². The summed E-state index contributed by atoms with van der Waals surface area (Å²) in [5.74, 6) is 0.0597. The third kappa shape index (κ3) is 4.78. The van der Waals surface area contributed by atoms with Crippen molar-refractivity contribution in [3.63, 3.8) is 0 Å². The summed E-state index contributed by atoms with van der Waals surface area (Å²) < 4.78 is 33.6. The first-order valence-electron chi connectivity index (χ1n) is 10.7. The number of rotatable bonds is 5. The molecule has 0 amide bonds. The molecule has 7 heteroatoms. The normalized spacial score (nSPS) is 16.3. The van der Waals surface area contributed by atoms with E-state index in [4.69, 9.17) is 4.74 Å². The van der Waals surface area contributed by atoms with Gasteiger partial charge in [0.05, 0.1) is 17.5 Å². The smallest absolute Gasteiger partial charge is 0.308 e. The van der Waals surface area contributed by atoms with Crippen molar-refractivity contribution in [1.29, 1.82) is 0 Å². The Labute approximate surface area is 194 Å². The van der Waals surface area contributed by atoms with Crippen molar-refractivity contribution < 1.29 is 17.9 Å². The minimum Gasteiger partial charge on any atom is -0.427 e. The molecule has 0 saturated heterocycles. The molecule has 1 heterocycles. The Kier molecular flexibility index (Phi) is 6.24. The summed E-state index contributed by atoms with van der Waals surface area (Å²) in [4.78, 5) is 13.6. The number of aryl methyl sites for hydroxylation is 1. The highest BCUT2D eigenvalue weighted by Crippen LogP contribution is 2.36. The van der Waals surface area contributed by atoms with E-state index in [9.17, 15) is 13.2 Å². The average molecular weight is 463 g/mol. The van der Waals surface area contributed by atoms with Crippen LogP contribution in [-0.4, -0.2) is 25.2 Å². The van der Waals surface area contributed by atoms with E-state index in [1.54, 1.807) is 36.4 Å². The van der Waals surface area contributed by atoms with Gasteiger partial charge in [0.2, 0.25) is 0 Å². The second-order valence-corrected chi connectivity index (χ2v) is 9.90. The molecule has 0 aromatic heterocycles. The van der Waals surface area contributed by atoms with Crippen LogP contribution in [-0.2, 0) is 14.8 Å². The minimum atomic E-state index is -3.73. The van der Waals surface area contributed by atoms with Gasteiger partial charge in [0.1, 0.15) is 5.75 Å². The van der Waals surface area contributed by atoms with Crippen LogP contribution in [0.2, 0.25) is 0 Å². The molecule has 4 rings (SSSR count). The van der Waals surface area contributed by atoms with Gasteiger partial charge >= 0.3 is 5.97 Å². The molecule has 3 aromatic rings. The summed E-state index contributed by atoms with van der Waals surface area (Å²) in [6.45, 7) is 5.32. The number of sulfonamides is 1. The lowest BCUT2D eigenvalue weighted by atomic mass is 10.0. The third-order valence-electron chi connectivity index (χ3n) is 5.58. The van der Waals surface area contributed by atoms with Crippen molar-refractivity contribution in [2.45, 2.75) is 31.7 Å². The van der Waals surface area contributed by atoms with Crippen molar-refractivity contribution >= 4 is 21.7 Å². The van der Waals surface area contributed by atoms with Crippen LogP contribution < -0.4 is 9.64 Å². The Morgan fingerprint density at radius 2 is 1.55 bits per heavy atom. The summed E-state index contributed by atoms with van der Waals surface area (Å²) in [6.07, 6.45) is 1.87. The molecule has 1 atom stereocenters. The van der Waals surface area contributed by atoms with E-state index in [2.05, 4.69) is 4.90 Å². The molecule has 0 saturated carbocycles. The number of allylic oxidation sites excluding steroid dienone is 1. The summed E-state index contributed by atoms with van der Waals surface area (Å²) in [7, 11) is -3.73. The lowest BCUT2D eigenvalue weighted by Gasteiger charge is -2.41.